The summed E-state index contributed by atoms with van der Waals surface area (Å²) in [5, 5.41) is 12.2. The summed E-state index contributed by atoms with van der Waals surface area (Å²) >= 11 is 0. The van der Waals surface area contributed by atoms with E-state index >= 15 is 4.39 Å². The Morgan fingerprint density at radius 3 is 2.67 bits per heavy atom. The first-order valence-corrected chi connectivity index (χ1v) is 9.14. The van der Waals surface area contributed by atoms with Crippen molar-refractivity contribution in [1.29, 1.82) is 0 Å². The van der Waals surface area contributed by atoms with Gasteiger partial charge in [0.15, 0.2) is 5.82 Å². The molecule has 1 saturated heterocycles. The van der Waals surface area contributed by atoms with Crippen LogP contribution in [0.4, 0.5) is 14.5 Å². The Kier molecular flexibility index (Phi) is 4.38. The summed E-state index contributed by atoms with van der Waals surface area (Å²) < 4.78 is 31.9. The molecule has 0 spiro atoms. The number of carbonyl (C=O) groups is 1. The molecular formula is C19H21F2N3O3. The molecule has 2 aliphatic rings. The van der Waals surface area contributed by atoms with Crippen LogP contribution in [0.2, 0.25) is 0 Å². The summed E-state index contributed by atoms with van der Waals surface area (Å²) in [6.45, 7) is 0.995. The van der Waals surface area contributed by atoms with Crippen molar-refractivity contribution in [2.75, 3.05) is 25.0 Å². The van der Waals surface area contributed by atoms with Gasteiger partial charge < -0.3 is 19.9 Å². The zero-order valence-electron chi connectivity index (χ0n) is 15.0. The van der Waals surface area contributed by atoms with E-state index in [9.17, 15) is 19.1 Å². The second-order valence-corrected chi connectivity index (χ2v) is 7.31. The average Bonchev–Trinajstić information content (AvgIpc) is 3.47. The second kappa shape index (κ2) is 6.60. The van der Waals surface area contributed by atoms with Crippen LogP contribution in [0.15, 0.2) is 17.1 Å². The maximum Gasteiger partial charge on any atom is 0.341 e. The van der Waals surface area contributed by atoms with E-state index in [1.807, 2.05) is 7.05 Å². The summed E-state index contributed by atoms with van der Waals surface area (Å²) in [5.41, 5.74) is -1.46. The van der Waals surface area contributed by atoms with Gasteiger partial charge in [-0.05, 0) is 38.8 Å². The third-order valence-electron chi connectivity index (χ3n) is 5.50. The van der Waals surface area contributed by atoms with E-state index < -0.39 is 28.6 Å². The minimum absolute atomic E-state index is 0.00418. The third-order valence-corrected chi connectivity index (χ3v) is 5.50. The fourth-order valence-corrected chi connectivity index (χ4v) is 3.93. The predicted octanol–water partition coefficient (Wildman–Crippen LogP) is 2.50. The van der Waals surface area contributed by atoms with Crippen LogP contribution in [0.5, 0.6) is 0 Å². The number of anilines is 1. The number of piperidine rings is 1. The first kappa shape index (κ1) is 17.9. The molecule has 0 amide bonds. The molecule has 1 aliphatic heterocycles. The Hall–Kier alpha value is -2.48. The predicted molar refractivity (Wildman–Crippen MR) is 97.6 cm³/mol. The van der Waals surface area contributed by atoms with E-state index in [1.165, 1.54) is 10.8 Å². The highest BCUT2D eigenvalue weighted by Crippen LogP contribution is 2.39. The van der Waals surface area contributed by atoms with Crippen molar-refractivity contribution in [3.05, 3.63) is 39.7 Å². The monoisotopic (exact) mass is 377 g/mol. The quantitative estimate of drug-likeness (QED) is 0.856. The second-order valence-electron chi connectivity index (χ2n) is 7.31. The van der Waals surface area contributed by atoms with Crippen LogP contribution in [-0.4, -0.2) is 41.8 Å². The normalized spacial score (nSPS) is 20.3. The molecule has 27 heavy (non-hydrogen) atoms. The van der Waals surface area contributed by atoms with Gasteiger partial charge in [0.2, 0.25) is 5.43 Å². The number of fused-ring (bicyclic) bond motifs is 1. The molecule has 2 heterocycles. The zero-order chi connectivity index (χ0) is 19.3. The molecule has 0 radical (unpaired) electrons. The number of rotatable bonds is 4. The van der Waals surface area contributed by atoms with Gasteiger partial charge in [0.25, 0.3) is 0 Å². The van der Waals surface area contributed by atoms with Gasteiger partial charge in [-0.2, -0.15) is 0 Å². The Morgan fingerprint density at radius 1 is 1.30 bits per heavy atom. The average molecular weight is 377 g/mol. The molecular weight excluding hydrogens is 356 g/mol. The number of aromatic nitrogens is 1. The number of hydrogen-bond acceptors (Lipinski definition) is 4. The van der Waals surface area contributed by atoms with Gasteiger partial charge in [0.05, 0.1) is 10.9 Å². The lowest BCUT2D eigenvalue weighted by Gasteiger charge is -2.34. The Morgan fingerprint density at radius 2 is 2.04 bits per heavy atom. The molecule has 4 rings (SSSR count). The molecule has 1 aromatic heterocycles. The van der Waals surface area contributed by atoms with Crippen molar-refractivity contribution < 1.29 is 18.7 Å². The molecule has 1 saturated carbocycles. The fourth-order valence-electron chi connectivity index (χ4n) is 3.93. The SMILES string of the molecule is CNC1CCCN(c2c(F)cc3c(=O)c(C(=O)O)cn(C4CC4)c3c2F)C1. The number of aromatic carboxylic acids is 1. The smallest absolute Gasteiger partial charge is 0.341 e. The van der Waals surface area contributed by atoms with Crippen molar-refractivity contribution in [3.63, 3.8) is 0 Å². The van der Waals surface area contributed by atoms with Gasteiger partial charge in [-0.15, -0.1) is 0 Å². The van der Waals surface area contributed by atoms with E-state index in [0.29, 0.717) is 13.1 Å². The van der Waals surface area contributed by atoms with Crippen molar-refractivity contribution in [1.82, 2.24) is 9.88 Å². The van der Waals surface area contributed by atoms with Gasteiger partial charge in [-0.3, -0.25) is 4.79 Å². The molecule has 2 aromatic rings. The Bertz CT molecular complexity index is 985. The Balaban J connectivity index is 1.95. The molecule has 0 bridgehead atoms. The number of carboxylic acid groups (broad SMARTS) is 1. The lowest BCUT2D eigenvalue weighted by Crippen LogP contribution is -2.45. The molecule has 2 N–H and O–H groups in total. The lowest BCUT2D eigenvalue weighted by atomic mass is 10.0. The minimum Gasteiger partial charge on any atom is -0.477 e. The van der Waals surface area contributed by atoms with Gasteiger partial charge in [-0.1, -0.05) is 0 Å². The van der Waals surface area contributed by atoms with Crippen LogP contribution in [0, 0.1) is 11.6 Å². The number of benzene rings is 1. The molecule has 2 fully saturated rings. The van der Waals surface area contributed by atoms with E-state index in [4.69, 9.17) is 0 Å². The van der Waals surface area contributed by atoms with Crippen LogP contribution < -0.4 is 15.6 Å². The van der Waals surface area contributed by atoms with Crippen LogP contribution in [-0.2, 0) is 0 Å². The van der Waals surface area contributed by atoms with Gasteiger partial charge in [-0.25, -0.2) is 13.6 Å². The molecule has 1 unspecified atom stereocenters. The van der Waals surface area contributed by atoms with Crippen molar-refractivity contribution in [2.24, 2.45) is 0 Å². The van der Waals surface area contributed by atoms with E-state index in [2.05, 4.69) is 5.32 Å². The highest BCUT2D eigenvalue weighted by molar-refractivity contribution is 5.94. The van der Waals surface area contributed by atoms with E-state index in [-0.39, 0.29) is 28.7 Å². The highest BCUT2D eigenvalue weighted by Gasteiger charge is 2.32. The van der Waals surface area contributed by atoms with E-state index in [1.54, 1.807) is 4.90 Å². The van der Waals surface area contributed by atoms with Crippen molar-refractivity contribution in [2.45, 2.75) is 37.8 Å². The fraction of sp³-hybridized carbons (Fsp3) is 0.474. The number of pyridine rings is 1. The van der Waals surface area contributed by atoms with Crippen molar-refractivity contribution >= 4 is 22.6 Å². The summed E-state index contributed by atoms with van der Waals surface area (Å²) in [7, 11) is 1.82. The first-order valence-electron chi connectivity index (χ1n) is 9.14. The number of nitrogens with zero attached hydrogens (tertiary/aromatic N) is 2. The summed E-state index contributed by atoms with van der Waals surface area (Å²) in [6.07, 6.45) is 4.47. The highest BCUT2D eigenvalue weighted by atomic mass is 19.1. The van der Waals surface area contributed by atoms with Crippen LogP contribution in [0.1, 0.15) is 42.1 Å². The van der Waals surface area contributed by atoms with Crippen LogP contribution in [0.3, 0.4) is 0 Å². The number of halogens is 2. The standard InChI is InChI=1S/C19H21F2N3O3/c1-22-10-3-2-6-23(8-10)17-14(20)7-12-16(15(17)21)24(11-4-5-11)9-13(18(12)25)19(26)27/h7,9-11,22H,2-6,8H2,1H3,(H,26,27). The topological polar surface area (TPSA) is 74.6 Å². The molecule has 1 aromatic carbocycles. The molecule has 144 valence electrons. The number of carboxylic acids is 1. The first-order chi connectivity index (χ1) is 12.9. The van der Waals surface area contributed by atoms with Gasteiger partial charge in [0.1, 0.15) is 17.1 Å². The summed E-state index contributed by atoms with van der Waals surface area (Å²) in [5.74, 6) is -3.02. The molecule has 6 nitrogen and oxygen atoms in total. The largest absolute Gasteiger partial charge is 0.477 e. The zero-order valence-corrected chi connectivity index (χ0v) is 15.0. The minimum atomic E-state index is -1.39. The van der Waals surface area contributed by atoms with Gasteiger partial charge >= 0.3 is 5.97 Å². The lowest BCUT2D eigenvalue weighted by molar-refractivity contribution is 0.0695. The van der Waals surface area contributed by atoms with Crippen LogP contribution in [0.25, 0.3) is 10.9 Å². The van der Waals surface area contributed by atoms with E-state index in [0.717, 1.165) is 31.7 Å². The number of likely N-dealkylation sites (N-methyl/N-ethyl adjacent to an activating group) is 1. The molecule has 1 atom stereocenters. The van der Waals surface area contributed by atoms with Crippen molar-refractivity contribution in [3.8, 4) is 0 Å². The third kappa shape index (κ3) is 2.97. The summed E-state index contributed by atoms with van der Waals surface area (Å²) in [6, 6.07) is 1.06. The van der Waals surface area contributed by atoms with Gasteiger partial charge in [0, 0.05) is 31.4 Å². The van der Waals surface area contributed by atoms with Crippen LogP contribution >= 0.6 is 0 Å². The maximum atomic E-state index is 15.5. The molecule has 8 heteroatoms. The summed E-state index contributed by atoms with van der Waals surface area (Å²) in [4.78, 5) is 25.6. The number of nitrogens with one attached hydrogen (secondary N) is 1. The molecule has 1 aliphatic carbocycles. The number of hydrogen-bond donors (Lipinski definition) is 2. The maximum absolute atomic E-state index is 15.5. The Labute approximate surface area is 154 Å².